The standard InChI is InChI=1S/C20H19N5S2/c1-13-23-15-10-14(8-9-17(15)27-13)24-19-11-20(22-12-21-19)25(2)16-6-4-5-7-18(16)26-3/h4-12H,1-3H3,(H,21,22,24). The molecule has 4 rings (SSSR count). The molecule has 2 aromatic heterocycles. The topological polar surface area (TPSA) is 53.9 Å². The number of aryl methyl sites for hydroxylation is 1. The molecular formula is C20H19N5S2. The van der Waals surface area contributed by atoms with E-state index >= 15 is 0 Å². The average molecular weight is 394 g/mol. The minimum absolute atomic E-state index is 0.750. The average Bonchev–Trinajstić information content (AvgIpc) is 3.07. The Morgan fingerprint density at radius 1 is 1.07 bits per heavy atom. The number of anilines is 4. The first-order chi connectivity index (χ1) is 13.1. The molecule has 0 unspecified atom stereocenters. The van der Waals surface area contributed by atoms with Crippen LogP contribution in [0, 0.1) is 6.92 Å². The van der Waals surface area contributed by atoms with E-state index in [0.717, 1.165) is 33.5 Å². The van der Waals surface area contributed by atoms with Crippen LogP contribution >= 0.6 is 23.1 Å². The number of para-hydroxylation sites is 1. The molecule has 2 aromatic carbocycles. The van der Waals surface area contributed by atoms with Crippen molar-refractivity contribution in [3.8, 4) is 0 Å². The van der Waals surface area contributed by atoms with E-state index in [4.69, 9.17) is 0 Å². The van der Waals surface area contributed by atoms with E-state index in [0.29, 0.717) is 0 Å². The fraction of sp³-hybridized carbons (Fsp3) is 0.150. The van der Waals surface area contributed by atoms with E-state index in [1.807, 2.05) is 38.2 Å². The Morgan fingerprint density at radius 3 is 2.78 bits per heavy atom. The van der Waals surface area contributed by atoms with E-state index in [1.54, 1.807) is 29.4 Å². The quantitative estimate of drug-likeness (QED) is 0.444. The van der Waals surface area contributed by atoms with Gasteiger partial charge < -0.3 is 10.2 Å². The molecule has 136 valence electrons. The van der Waals surface area contributed by atoms with Crippen molar-refractivity contribution in [1.82, 2.24) is 15.0 Å². The van der Waals surface area contributed by atoms with Crippen molar-refractivity contribution in [2.75, 3.05) is 23.5 Å². The van der Waals surface area contributed by atoms with E-state index in [1.165, 1.54) is 9.60 Å². The molecule has 4 aromatic rings. The summed E-state index contributed by atoms with van der Waals surface area (Å²) in [5.74, 6) is 1.58. The van der Waals surface area contributed by atoms with Crippen molar-refractivity contribution in [3.05, 3.63) is 59.9 Å². The second-order valence-electron chi connectivity index (χ2n) is 6.03. The molecule has 0 saturated heterocycles. The maximum atomic E-state index is 4.56. The molecule has 0 aliphatic heterocycles. The third kappa shape index (κ3) is 3.74. The van der Waals surface area contributed by atoms with Gasteiger partial charge in [-0.3, -0.25) is 0 Å². The van der Waals surface area contributed by atoms with Crippen molar-refractivity contribution in [1.29, 1.82) is 0 Å². The molecule has 5 nitrogen and oxygen atoms in total. The summed E-state index contributed by atoms with van der Waals surface area (Å²) in [7, 11) is 2.02. The van der Waals surface area contributed by atoms with Gasteiger partial charge in [0, 0.05) is 23.7 Å². The van der Waals surface area contributed by atoms with Gasteiger partial charge in [0.1, 0.15) is 18.0 Å². The third-order valence-electron chi connectivity index (χ3n) is 4.21. The first-order valence-electron chi connectivity index (χ1n) is 8.47. The molecule has 0 spiro atoms. The summed E-state index contributed by atoms with van der Waals surface area (Å²) in [5.41, 5.74) is 3.08. The second-order valence-corrected chi connectivity index (χ2v) is 8.12. The summed E-state index contributed by atoms with van der Waals surface area (Å²) in [6, 6.07) is 16.4. The molecule has 7 heteroatoms. The number of rotatable bonds is 5. The van der Waals surface area contributed by atoms with Crippen molar-refractivity contribution >= 4 is 56.3 Å². The summed E-state index contributed by atoms with van der Waals surface area (Å²) in [5, 5.41) is 4.43. The number of nitrogens with zero attached hydrogens (tertiary/aromatic N) is 4. The highest BCUT2D eigenvalue weighted by Crippen LogP contribution is 2.32. The minimum atomic E-state index is 0.750. The SMILES string of the molecule is CSc1ccccc1N(C)c1cc(Nc2ccc3sc(C)nc3c2)ncn1. The number of hydrogen-bond acceptors (Lipinski definition) is 7. The van der Waals surface area contributed by atoms with Crippen molar-refractivity contribution < 1.29 is 0 Å². The second kappa shape index (κ2) is 7.54. The van der Waals surface area contributed by atoms with Gasteiger partial charge in [-0.1, -0.05) is 12.1 Å². The lowest BCUT2D eigenvalue weighted by Gasteiger charge is -2.21. The molecular weight excluding hydrogens is 374 g/mol. The first kappa shape index (κ1) is 17.8. The summed E-state index contributed by atoms with van der Waals surface area (Å²) >= 11 is 3.42. The van der Waals surface area contributed by atoms with Crippen LogP contribution in [-0.2, 0) is 0 Å². The molecule has 0 atom stereocenters. The smallest absolute Gasteiger partial charge is 0.138 e. The Balaban J connectivity index is 1.61. The molecule has 2 heterocycles. The Kier molecular flexibility index (Phi) is 4.96. The number of nitrogens with one attached hydrogen (secondary N) is 1. The summed E-state index contributed by atoms with van der Waals surface area (Å²) < 4.78 is 1.19. The fourth-order valence-corrected chi connectivity index (χ4v) is 4.33. The Labute approximate surface area is 166 Å². The van der Waals surface area contributed by atoms with E-state index < -0.39 is 0 Å². The number of thioether (sulfide) groups is 1. The minimum Gasteiger partial charge on any atom is -0.340 e. The number of aromatic nitrogens is 3. The Bertz CT molecular complexity index is 1090. The van der Waals surface area contributed by atoms with Crippen molar-refractivity contribution in [2.24, 2.45) is 0 Å². The van der Waals surface area contributed by atoms with Gasteiger partial charge in [-0.2, -0.15) is 0 Å². The number of benzene rings is 2. The van der Waals surface area contributed by atoms with Gasteiger partial charge in [-0.15, -0.1) is 23.1 Å². The number of fused-ring (bicyclic) bond motifs is 1. The number of hydrogen-bond donors (Lipinski definition) is 1. The maximum Gasteiger partial charge on any atom is 0.138 e. The molecule has 0 radical (unpaired) electrons. The molecule has 0 amide bonds. The van der Waals surface area contributed by atoms with Gasteiger partial charge in [0.2, 0.25) is 0 Å². The van der Waals surface area contributed by atoms with Crippen LogP contribution in [0.1, 0.15) is 5.01 Å². The van der Waals surface area contributed by atoms with Gasteiger partial charge in [-0.05, 0) is 43.5 Å². The third-order valence-corrected chi connectivity index (χ3v) is 5.95. The molecule has 0 fully saturated rings. The Hall–Kier alpha value is -2.64. The molecule has 0 saturated carbocycles. The lowest BCUT2D eigenvalue weighted by Crippen LogP contribution is -2.12. The molecule has 0 aliphatic rings. The van der Waals surface area contributed by atoms with Crippen molar-refractivity contribution in [2.45, 2.75) is 11.8 Å². The van der Waals surface area contributed by atoms with Crippen LogP contribution in [0.25, 0.3) is 10.2 Å². The highest BCUT2D eigenvalue weighted by Gasteiger charge is 2.11. The molecule has 27 heavy (non-hydrogen) atoms. The van der Waals surface area contributed by atoms with Gasteiger partial charge in [0.15, 0.2) is 0 Å². The zero-order valence-corrected chi connectivity index (χ0v) is 16.9. The zero-order valence-electron chi connectivity index (χ0n) is 15.3. The van der Waals surface area contributed by atoms with Crippen LogP contribution in [0.2, 0.25) is 0 Å². The van der Waals surface area contributed by atoms with Gasteiger partial charge >= 0.3 is 0 Å². The van der Waals surface area contributed by atoms with Gasteiger partial charge in [-0.25, -0.2) is 15.0 Å². The van der Waals surface area contributed by atoms with Crippen LogP contribution in [0.15, 0.2) is 59.8 Å². The van der Waals surface area contributed by atoms with Crippen LogP contribution < -0.4 is 10.2 Å². The predicted octanol–water partition coefficient (Wildman–Crippen LogP) is 5.63. The van der Waals surface area contributed by atoms with E-state index in [2.05, 4.69) is 55.7 Å². The number of thiazole rings is 1. The highest BCUT2D eigenvalue weighted by atomic mass is 32.2. The fourth-order valence-electron chi connectivity index (χ4n) is 2.90. The monoisotopic (exact) mass is 393 g/mol. The lowest BCUT2D eigenvalue weighted by atomic mass is 10.3. The van der Waals surface area contributed by atoms with Gasteiger partial charge in [0.25, 0.3) is 0 Å². The molecule has 0 aliphatic carbocycles. The normalized spacial score (nSPS) is 10.9. The molecule has 1 N–H and O–H groups in total. The first-order valence-corrected chi connectivity index (χ1v) is 10.5. The summed E-state index contributed by atoms with van der Waals surface area (Å²) in [6.07, 6.45) is 3.66. The van der Waals surface area contributed by atoms with Crippen molar-refractivity contribution in [3.63, 3.8) is 0 Å². The Morgan fingerprint density at radius 2 is 1.93 bits per heavy atom. The highest BCUT2D eigenvalue weighted by molar-refractivity contribution is 7.98. The van der Waals surface area contributed by atoms with E-state index in [-0.39, 0.29) is 0 Å². The zero-order chi connectivity index (χ0) is 18.8. The maximum absolute atomic E-state index is 4.56. The largest absolute Gasteiger partial charge is 0.340 e. The molecule has 0 bridgehead atoms. The van der Waals surface area contributed by atoms with Crippen LogP contribution in [0.4, 0.5) is 23.0 Å². The van der Waals surface area contributed by atoms with Crippen LogP contribution in [0.3, 0.4) is 0 Å². The predicted molar refractivity (Wildman–Crippen MR) is 116 cm³/mol. The van der Waals surface area contributed by atoms with Gasteiger partial charge in [0.05, 0.1) is 20.9 Å². The lowest BCUT2D eigenvalue weighted by molar-refractivity contribution is 1.07. The van der Waals surface area contributed by atoms with E-state index in [9.17, 15) is 0 Å². The summed E-state index contributed by atoms with van der Waals surface area (Å²) in [6.45, 7) is 2.02. The van der Waals surface area contributed by atoms with Crippen LogP contribution in [0.5, 0.6) is 0 Å². The van der Waals surface area contributed by atoms with Crippen LogP contribution in [-0.4, -0.2) is 28.3 Å². The summed E-state index contributed by atoms with van der Waals surface area (Å²) in [4.78, 5) is 16.6.